The van der Waals surface area contributed by atoms with Crippen LogP contribution in [0.1, 0.15) is 16.1 Å². The van der Waals surface area contributed by atoms with Gasteiger partial charge in [0.1, 0.15) is 0 Å². The van der Waals surface area contributed by atoms with Crippen molar-refractivity contribution in [2.24, 2.45) is 5.10 Å². The van der Waals surface area contributed by atoms with Crippen LogP contribution in [0.5, 0.6) is 0 Å². The first kappa shape index (κ1) is 16.4. The molecule has 0 saturated carbocycles. The second-order valence-corrected chi connectivity index (χ2v) is 6.65. The molecule has 0 atom stereocenters. The Kier molecular flexibility index (Phi) is 5.35. The highest BCUT2D eigenvalue weighted by Gasteiger charge is 2.10. The number of aromatic amines is 1. The van der Waals surface area contributed by atoms with Gasteiger partial charge in [0.15, 0.2) is 5.69 Å². The van der Waals surface area contributed by atoms with Crippen LogP contribution in [0.15, 0.2) is 63.5 Å². The van der Waals surface area contributed by atoms with E-state index in [1.807, 2.05) is 53.9 Å². The number of rotatable bonds is 5. The van der Waals surface area contributed by atoms with Crippen molar-refractivity contribution in [3.05, 3.63) is 69.7 Å². The van der Waals surface area contributed by atoms with E-state index in [1.54, 1.807) is 17.4 Å². The number of benzene rings is 1. The Labute approximate surface area is 151 Å². The predicted molar refractivity (Wildman–Crippen MR) is 101 cm³/mol. The first-order valence-corrected chi connectivity index (χ1v) is 8.74. The Bertz CT molecular complexity index is 869. The third kappa shape index (κ3) is 4.27. The fraction of sp³-hybridized carbons (Fsp3) is 0. The molecule has 3 rings (SSSR count). The number of halogens is 1. The molecule has 0 aliphatic heterocycles. The van der Waals surface area contributed by atoms with Crippen molar-refractivity contribution < 1.29 is 4.79 Å². The van der Waals surface area contributed by atoms with E-state index in [9.17, 15) is 4.79 Å². The Morgan fingerprint density at radius 2 is 2.08 bits per heavy atom. The maximum absolute atomic E-state index is 12.0. The van der Waals surface area contributed by atoms with E-state index in [0.717, 1.165) is 20.6 Å². The highest BCUT2D eigenvalue weighted by molar-refractivity contribution is 9.12. The largest absolute Gasteiger partial charge is 0.291 e. The molecule has 5 nitrogen and oxygen atoms in total. The summed E-state index contributed by atoms with van der Waals surface area (Å²) in [5.74, 6) is -0.370. The Morgan fingerprint density at radius 3 is 2.83 bits per heavy atom. The van der Waals surface area contributed by atoms with Gasteiger partial charge in [0, 0.05) is 4.48 Å². The highest BCUT2D eigenvalue weighted by Crippen LogP contribution is 2.22. The van der Waals surface area contributed by atoms with Gasteiger partial charge in [-0.25, -0.2) is 5.43 Å². The lowest BCUT2D eigenvalue weighted by Gasteiger charge is -1.95. The number of hydrazone groups is 1. The van der Waals surface area contributed by atoms with Gasteiger partial charge in [0.2, 0.25) is 0 Å². The molecule has 2 aromatic heterocycles. The first-order chi connectivity index (χ1) is 11.7. The molecular weight excluding hydrogens is 388 g/mol. The molecule has 2 N–H and O–H groups in total. The molecule has 24 heavy (non-hydrogen) atoms. The number of allylic oxidation sites excluding steroid dienone is 1. The molecule has 7 heteroatoms. The van der Waals surface area contributed by atoms with Crippen LogP contribution >= 0.6 is 27.3 Å². The van der Waals surface area contributed by atoms with Crippen LogP contribution in [-0.4, -0.2) is 22.3 Å². The summed E-state index contributed by atoms with van der Waals surface area (Å²) in [6.45, 7) is 0. The van der Waals surface area contributed by atoms with Gasteiger partial charge in [-0.3, -0.25) is 9.89 Å². The van der Waals surface area contributed by atoms with Crippen LogP contribution in [0.25, 0.3) is 16.6 Å². The molecular formula is C17H13BrN4OS. The van der Waals surface area contributed by atoms with Crippen molar-refractivity contribution in [3.8, 4) is 10.6 Å². The topological polar surface area (TPSA) is 70.1 Å². The summed E-state index contributed by atoms with van der Waals surface area (Å²) in [5, 5.41) is 12.7. The number of amides is 1. The fourth-order valence-corrected chi connectivity index (χ4v) is 3.01. The van der Waals surface area contributed by atoms with Crippen molar-refractivity contribution in [2.75, 3.05) is 0 Å². The summed E-state index contributed by atoms with van der Waals surface area (Å²) in [4.78, 5) is 13.1. The second-order valence-electron chi connectivity index (χ2n) is 4.78. The van der Waals surface area contributed by atoms with Gasteiger partial charge >= 0.3 is 0 Å². The highest BCUT2D eigenvalue weighted by atomic mass is 79.9. The second kappa shape index (κ2) is 7.85. The van der Waals surface area contributed by atoms with Gasteiger partial charge in [-0.2, -0.15) is 10.2 Å². The molecule has 0 spiro atoms. The number of nitrogens with one attached hydrogen (secondary N) is 2. The summed E-state index contributed by atoms with van der Waals surface area (Å²) in [5.41, 5.74) is 4.59. The van der Waals surface area contributed by atoms with E-state index in [1.165, 1.54) is 6.21 Å². The number of aromatic nitrogens is 2. The number of hydrogen-bond acceptors (Lipinski definition) is 4. The van der Waals surface area contributed by atoms with Gasteiger partial charge in [-0.1, -0.05) is 36.4 Å². The minimum Gasteiger partial charge on any atom is -0.276 e. The third-order valence-electron chi connectivity index (χ3n) is 3.06. The zero-order valence-electron chi connectivity index (χ0n) is 12.4. The Hall–Kier alpha value is -2.51. The smallest absolute Gasteiger partial charge is 0.276 e. The van der Waals surface area contributed by atoms with Crippen LogP contribution < -0.4 is 5.43 Å². The molecule has 0 fully saturated rings. The summed E-state index contributed by atoms with van der Waals surface area (Å²) in [7, 11) is 0. The number of carbonyl (C=O) groups is 1. The van der Waals surface area contributed by atoms with E-state index < -0.39 is 0 Å². The zero-order valence-corrected chi connectivity index (χ0v) is 14.8. The quantitative estimate of drug-likeness (QED) is 0.495. The molecule has 0 bridgehead atoms. The Morgan fingerprint density at radius 1 is 1.25 bits per heavy atom. The van der Waals surface area contributed by atoms with Gasteiger partial charge < -0.3 is 0 Å². The van der Waals surface area contributed by atoms with Crippen molar-refractivity contribution in [1.82, 2.24) is 15.6 Å². The average molecular weight is 401 g/mol. The molecule has 0 unspecified atom stereocenters. The molecule has 3 aromatic rings. The van der Waals surface area contributed by atoms with E-state index in [0.29, 0.717) is 5.69 Å². The number of hydrogen-bond donors (Lipinski definition) is 2. The van der Waals surface area contributed by atoms with Crippen LogP contribution in [0.3, 0.4) is 0 Å². The molecule has 0 aliphatic rings. The van der Waals surface area contributed by atoms with Crippen molar-refractivity contribution in [3.63, 3.8) is 0 Å². The number of carbonyl (C=O) groups excluding carboxylic acids is 1. The SMILES string of the molecule is O=C(N/N=C\C(Br)=C/c1ccccc1)c1cc(-c2cccs2)[nH]n1. The zero-order chi connectivity index (χ0) is 16.8. The molecule has 1 aromatic carbocycles. The number of thiophene rings is 1. The molecule has 2 heterocycles. The van der Waals surface area contributed by atoms with Gasteiger partial charge in [-0.15, -0.1) is 11.3 Å². The van der Waals surface area contributed by atoms with Crippen LogP contribution in [0.4, 0.5) is 0 Å². The minimum absolute atomic E-state index is 0.290. The minimum atomic E-state index is -0.370. The van der Waals surface area contributed by atoms with E-state index >= 15 is 0 Å². The van der Waals surface area contributed by atoms with Gasteiger partial charge in [-0.05, 0) is 45.1 Å². The van der Waals surface area contributed by atoms with Crippen molar-refractivity contribution in [2.45, 2.75) is 0 Å². The van der Waals surface area contributed by atoms with Crippen molar-refractivity contribution >= 4 is 45.5 Å². The van der Waals surface area contributed by atoms with E-state index in [-0.39, 0.29) is 5.91 Å². The number of H-pyrrole nitrogens is 1. The first-order valence-electron chi connectivity index (χ1n) is 7.07. The lowest BCUT2D eigenvalue weighted by Crippen LogP contribution is -2.17. The normalized spacial score (nSPS) is 11.8. The number of nitrogens with zero attached hydrogens (tertiary/aromatic N) is 2. The molecule has 0 radical (unpaired) electrons. The lowest BCUT2D eigenvalue weighted by atomic mass is 10.2. The van der Waals surface area contributed by atoms with Crippen molar-refractivity contribution in [1.29, 1.82) is 0 Å². The van der Waals surface area contributed by atoms with Gasteiger partial charge in [0.25, 0.3) is 5.91 Å². The monoisotopic (exact) mass is 400 g/mol. The van der Waals surface area contributed by atoms with Crippen LogP contribution in [0, 0.1) is 0 Å². The maximum Gasteiger partial charge on any atom is 0.291 e. The Balaban J connectivity index is 1.60. The van der Waals surface area contributed by atoms with Crippen LogP contribution in [-0.2, 0) is 0 Å². The predicted octanol–water partition coefficient (Wildman–Crippen LogP) is 4.29. The molecule has 120 valence electrons. The molecule has 1 amide bonds. The summed E-state index contributed by atoms with van der Waals surface area (Å²) in [6, 6.07) is 15.4. The summed E-state index contributed by atoms with van der Waals surface area (Å²) in [6.07, 6.45) is 3.43. The van der Waals surface area contributed by atoms with E-state index in [2.05, 4.69) is 36.7 Å². The molecule has 0 aliphatic carbocycles. The average Bonchev–Trinajstić information content (AvgIpc) is 3.27. The van der Waals surface area contributed by atoms with E-state index in [4.69, 9.17) is 0 Å². The summed E-state index contributed by atoms with van der Waals surface area (Å²) >= 11 is 4.97. The lowest BCUT2D eigenvalue weighted by molar-refractivity contribution is 0.0950. The molecule has 0 saturated heterocycles. The standard InChI is InChI=1S/C17H13BrN4OS/c18-13(9-12-5-2-1-3-6-12)11-19-22-17(23)15-10-14(20-21-15)16-7-4-8-24-16/h1-11H,(H,20,21)(H,22,23)/b13-9+,19-11-. The van der Waals surface area contributed by atoms with Gasteiger partial charge in [0.05, 0.1) is 16.8 Å². The third-order valence-corrected chi connectivity index (χ3v) is 4.39. The van der Waals surface area contributed by atoms with Crippen LogP contribution in [0.2, 0.25) is 0 Å². The fourth-order valence-electron chi connectivity index (χ4n) is 1.95. The maximum atomic E-state index is 12.0. The summed E-state index contributed by atoms with van der Waals surface area (Å²) < 4.78 is 0.746.